The van der Waals surface area contributed by atoms with Gasteiger partial charge in [0.15, 0.2) is 0 Å². The van der Waals surface area contributed by atoms with E-state index in [0.29, 0.717) is 118 Å². The van der Waals surface area contributed by atoms with E-state index >= 15 is 0 Å². The van der Waals surface area contributed by atoms with E-state index in [4.69, 9.17) is 74.0 Å². The smallest absolute Gasteiger partial charge is 0.0663 e. The van der Waals surface area contributed by atoms with E-state index in [1.807, 2.05) is 6.47 Å². The van der Waals surface area contributed by atoms with Crippen LogP contribution in [0, 0.1) is 47.3 Å². The van der Waals surface area contributed by atoms with Crippen LogP contribution in [-0.4, -0.2) is 143 Å². The van der Waals surface area contributed by atoms with Crippen molar-refractivity contribution in [2.24, 2.45) is 47.3 Å². The summed E-state index contributed by atoms with van der Waals surface area (Å²) in [5.41, 5.74) is 0. The van der Waals surface area contributed by atoms with Crippen LogP contribution in [0.2, 0.25) is 0 Å². The molecule has 4 aliphatic carbocycles. The maximum absolute atomic E-state index is 11.5. The number of ether oxygens (including phenoxy) is 1. The SMILES string of the molecule is O=[C-]O.O=[C-]O.O=[C-]O.O=[C-]O.O=[C-]O.O=[C-]O.O=[C-]O.O=[C-]OC1CCCC2C3NC4NC(NC5NC(NC6NC(NC(N3)C12)C1CCCCC61)C1CCCCC51)C1CCCCC41.[Fe]. The first-order chi connectivity index (χ1) is 31.1. The van der Waals surface area contributed by atoms with Gasteiger partial charge in [-0.3, -0.25) is 42.5 Å². The molecule has 9 rings (SSSR count). The molecular weight excluding hydrogens is 904 g/mol. The summed E-state index contributed by atoms with van der Waals surface area (Å²) in [6, 6.07) is 0. The molecule has 17 atom stereocenters. The largest absolute Gasteiger partial charge is 0.665 e. The van der Waals surface area contributed by atoms with Crippen molar-refractivity contribution in [2.45, 2.75) is 152 Å². The van der Waals surface area contributed by atoms with E-state index in [9.17, 15) is 4.79 Å². The minimum atomic E-state index is -0.0795. The molecule has 5 aliphatic heterocycles. The molecule has 5 saturated heterocycles. The zero-order valence-corrected chi connectivity index (χ0v) is 36.7. The van der Waals surface area contributed by atoms with Gasteiger partial charge in [0, 0.05) is 23.0 Å². The first-order valence-corrected chi connectivity index (χ1v) is 21.4. The Morgan fingerprint density at radius 3 is 0.738 bits per heavy atom. The maximum Gasteiger partial charge on any atom is 0.0663 e. The van der Waals surface area contributed by atoms with Crippen LogP contribution >= 0.6 is 0 Å². The van der Waals surface area contributed by atoms with E-state index < -0.39 is 0 Å². The molecule has 25 heteroatoms. The second-order valence-electron chi connectivity index (χ2n) is 16.5. The molecule has 17 unspecified atom stereocenters. The molecular formula is C40H62FeN8O16-8. The Labute approximate surface area is 388 Å². The Hall–Kier alpha value is -4.04. The number of fused-ring (bicyclic) bond motifs is 20. The zero-order valence-electron chi connectivity index (χ0n) is 35.6. The predicted molar refractivity (Wildman–Crippen MR) is 221 cm³/mol. The van der Waals surface area contributed by atoms with Gasteiger partial charge in [-0.05, 0) is 99.2 Å². The molecule has 8 bridgehead atoms. The van der Waals surface area contributed by atoms with Crippen molar-refractivity contribution in [2.75, 3.05) is 0 Å². The van der Waals surface area contributed by atoms with Crippen LogP contribution in [0.4, 0.5) is 0 Å². The third-order valence-corrected chi connectivity index (χ3v) is 14.0. The molecule has 5 heterocycles. The van der Waals surface area contributed by atoms with E-state index in [1.54, 1.807) is 0 Å². The summed E-state index contributed by atoms with van der Waals surface area (Å²) in [5, 5.41) is 80.6. The average molecular weight is 967 g/mol. The van der Waals surface area contributed by atoms with Gasteiger partial charge in [0.05, 0.1) is 55.4 Å². The molecule has 9 fully saturated rings. The fourth-order valence-corrected chi connectivity index (χ4v) is 12.2. The van der Waals surface area contributed by atoms with Gasteiger partial charge < -0.3 is 78.8 Å². The Morgan fingerprint density at radius 1 is 0.308 bits per heavy atom. The van der Waals surface area contributed by atoms with Crippen LogP contribution in [0.25, 0.3) is 0 Å². The van der Waals surface area contributed by atoms with Crippen LogP contribution in [0.15, 0.2) is 0 Å². The molecule has 0 aromatic rings. The molecule has 0 aromatic carbocycles. The van der Waals surface area contributed by atoms with Crippen LogP contribution in [-0.2, 0) is 60.2 Å². The molecule has 0 radical (unpaired) electrons. The van der Waals surface area contributed by atoms with Crippen LogP contribution < -0.4 is 42.5 Å². The third-order valence-electron chi connectivity index (χ3n) is 14.0. The Kier molecular flexibility index (Phi) is 30.3. The minimum Gasteiger partial charge on any atom is -0.665 e. The molecule has 65 heavy (non-hydrogen) atoms. The summed E-state index contributed by atoms with van der Waals surface area (Å²) in [7, 11) is 0. The van der Waals surface area contributed by atoms with Crippen molar-refractivity contribution >= 4 is 51.8 Å². The molecule has 0 amide bonds. The summed E-state index contributed by atoms with van der Waals surface area (Å²) in [6.07, 6.45) is 21.3. The Balaban J connectivity index is 0.000000827. The van der Waals surface area contributed by atoms with E-state index in [-0.39, 0.29) is 47.6 Å². The first kappa shape index (κ1) is 59.0. The van der Waals surface area contributed by atoms with Gasteiger partial charge in [-0.1, -0.05) is 90.3 Å². The molecule has 24 nitrogen and oxygen atoms in total. The average Bonchev–Trinajstić information content (AvgIpc) is 4.02. The predicted octanol–water partition coefficient (Wildman–Crippen LogP) is -1.05. The molecule has 4 saturated carbocycles. The van der Waals surface area contributed by atoms with Crippen molar-refractivity contribution in [3.63, 3.8) is 0 Å². The van der Waals surface area contributed by atoms with E-state index in [1.165, 1.54) is 83.5 Å². The van der Waals surface area contributed by atoms with Crippen molar-refractivity contribution in [3.8, 4) is 0 Å². The zero-order chi connectivity index (χ0) is 47.4. The van der Waals surface area contributed by atoms with Gasteiger partial charge in [0.25, 0.3) is 0 Å². The fraction of sp³-hybridized carbons (Fsp3) is 0.800. The number of carbonyl (C=O) groups excluding carboxylic acids is 1. The van der Waals surface area contributed by atoms with Gasteiger partial charge in [-0.2, -0.15) is 0 Å². The number of aliphatic hydroxyl groups excluding tert-OH is 7. The Morgan fingerprint density at radius 2 is 0.508 bits per heavy atom. The number of rotatable bonds is 2. The van der Waals surface area contributed by atoms with Crippen molar-refractivity contribution in [1.29, 1.82) is 0 Å². The van der Waals surface area contributed by atoms with E-state index in [0.717, 1.165) is 12.8 Å². The standard InChI is InChI=1S/C33H55N8O2.7CHO2.Fe/c42-16-43-24-15-7-14-23-25(24)33-40-31-22-13-6-5-12-21(22)29(38-31)36-27-18-9-2-1-8-17(18)26(34-27)35-28-19-10-3-4-11-20(19)30(37-28)39-32(23)41-33;7*2-1-3;/h17-41H,1-15H2;7*(H,2,3);/q8*-1;. The fourth-order valence-electron chi connectivity index (χ4n) is 12.2. The van der Waals surface area contributed by atoms with Crippen LogP contribution in [0.5, 0.6) is 0 Å². The number of nitrogens with one attached hydrogen (secondary N) is 8. The molecule has 0 spiro atoms. The van der Waals surface area contributed by atoms with Crippen LogP contribution in [0.3, 0.4) is 0 Å². The second kappa shape index (κ2) is 33.4. The Bertz CT molecular complexity index is 1330. The van der Waals surface area contributed by atoms with Crippen molar-refractivity contribution < 1.29 is 95.9 Å². The third kappa shape index (κ3) is 16.7. The van der Waals surface area contributed by atoms with Gasteiger partial charge in [-0.25, -0.2) is 0 Å². The van der Waals surface area contributed by atoms with Gasteiger partial charge >= 0.3 is 0 Å². The summed E-state index contributed by atoms with van der Waals surface area (Å²) >= 11 is 0. The topological polar surface area (TPSA) is 384 Å². The van der Waals surface area contributed by atoms with Gasteiger partial charge in [0.1, 0.15) is 0 Å². The van der Waals surface area contributed by atoms with Gasteiger partial charge in [-0.15, -0.1) is 0 Å². The first-order valence-electron chi connectivity index (χ1n) is 21.4. The number of hydrogen-bond acceptors (Lipinski definition) is 17. The minimum absolute atomic E-state index is 0. The molecule has 0 aromatic heterocycles. The normalized spacial score (nSPS) is 38.3. The second-order valence-corrected chi connectivity index (χ2v) is 16.5. The van der Waals surface area contributed by atoms with Gasteiger partial charge in [0.2, 0.25) is 0 Å². The molecule has 374 valence electrons. The summed E-state index contributed by atoms with van der Waals surface area (Å²) in [4.78, 5) is 69.2. The summed E-state index contributed by atoms with van der Waals surface area (Å²) < 4.78 is 5.71. The number of hydrogen-bond donors (Lipinski definition) is 15. The summed E-state index contributed by atoms with van der Waals surface area (Å²) in [6.45, 7) is 5.34. The van der Waals surface area contributed by atoms with E-state index in [2.05, 4.69) is 42.5 Å². The quantitative estimate of drug-likeness (QED) is 0.116. The van der Waals surface area contributed by atoms with Crippen molar-refractivity contribution in [3.05, 3.63) is 0 Å². The molecule has 9 aliphatic rings. The molecule has 15 N–H and O–H groups in total. The van der Waals surface area contributed by atoms with Crippen LogP contribution in [0.1, 0.15) is 96.3 Å². The monoisotopic (exact) mass is 966 g/mol. The maximum atomic E-state index is 11.5. The summed E-state index contributed by atoms with van der Waals surface area (Å²) in [5.74, 6) is 4.63. The van der Waals surface area contributed by atoms with Crippen molar-refractivity contribution in [1.82, 2.24) is 42.5 Å².